The van der Waals surface area contributed by atoms with Gasteiger partial charge in [0.2, 0.25) is 0 Å². The molecule has 2 nitrogen and oxygen atoms in total. The Morgan fingerprint density at radius 1 is 1.38 bits per heavy atom. The Morgan fingerprint density at radius 3 is 2.69 bits per heavy atom. The van der Waals surface area contributed by atoms with E-state index in [1.807, 2.05) is 30.9 Å². The van der Waals surface area contributed by atoms with Crippen LogP contribution in [0.2, 0.25) is 5.02 Å². The summed E-state index contributed by atoms with van der Waals surface area (Å²) in [6, 6.07) is 7.96. The normalized spacial score (nSPS) is 9.88. The fourth-order valence-corrected chi connectivity index (χ4v) is 2.14. The Morgan fingerprint density at radius 2 is 2.06 bits per heavy atom. The standard InChI is InChI=1S/C11H15ClN2S2/c1-13-11(15)14-6-7-16-8-9-2-4-10(12)5-3-9/h2-5H,6-8H2,1H3,(H2,13,14,15). The summed E-state index contributed by atoms with van der Waals surface area (Å²) in [5, 5.41) is 7.47. The number of halogens is 1. The van der Waals surface area contributed by atoms with E-state index in [-0.39, 0.29) is 0 Å². The van der Waals surface area contributed by atoms with Gasteiger partial charge in [0.15, 0.2) is 5.11 Å². The van der Waals surface area contributed by atoms with Gasteiger partial charge in [0, 0.05) is 30.1 Å². The van der Waals surface area contributed by atoms with Gasteiger partial charge in [0.25, 0.3) is 0 Å². The van der Waals surface area contributed by atoms with E-state index in [0.717, 1.165) is 23.1 Å². The first-order valence-corrected chi connectivity index (χ1v) is 6.94. The highest BCUT2D eigenvalue weighted by Gasteiger charge is 1.95. The van der Waals surface area contributed by atoms with E-state index in [0.29, 0.717) is 5.11 Å². The first-order chi connectivity index (χ1) is 7.72. The van der Waals surface area contributed by atoms with Crippen molar-refractivity contribution in [2.75, 3.05) is 19.3 Å². The molecule has 0 saturated carbocycles. The maximum atomic E-state index is 5.81. The molecule has 0 bridgehead atoms. The molecule has 1 aromatic carbocycles. The van der Waals surface area contributed by atoms with Crippen molar-refractivity contribution >= 4 is 40.7 Å². The molecule has 0 atom stereocenters. The molecule has 0 unspecified atom stereocenters. The van der Waals surface area contributed by atoms with Crippen molar-refractivity contribution < 1.29 is 0 Å². The van der Waals surface area contributed by atoms with Crippen LogP contribution in [0, 0.1) is 0 Å². The van der Waals surface area contributed by atoms with Crippen LogP contribution in [-0.4, -0.2) is 24.5 Å². The molecule has 0 heterocycles. The second-order valence-electron chi connectivity index (χ2n) is 3.18. The fraction of sp³-hybridized carbons (Fsp3) is 0.364. The molecular weight excluding hydrogens is 260 g/mol. The molecule has 0 aromatic heterocycles. The quantitative estimate of drug-likeness (QED) is 0.637. The van der Waals surface area contributed by atoms with Gasteiger partial charge in [-0.2, -0.15) is 11.8 Å². The SMILES string of the molecule is CNC(=S)NCCSCc1ccc(Cl)cc1. The van der Waals surface area contributed by atoms with Crippen LogP contribution in [0.3, 0.4) is 0 Å². The van der Waals surface area contributed by atoms with Gasteiger partial charge in [-0.1, -0.05) is 23.7 Å². The number of benzene rings is 1. The van der Waals surface area contributed by atoms with Crippen LogP contribution in [0.15, 0.2) is 24.3 Å². The summed E-state index contributed by atoms with van der Waals surface area (Å²) in [4.78, 5) is 0. The molecule has 88 valence electrons. The molecule has 0 radical (unpaired) electrons. The van der Waals surface area contributed by atoms with Crippen molar-refractivity contribution in [3.8, 4) is 0 Å². The molecule has 16 heavy (non-hydrogen) atoms. The van der Waals surface area contributed by atoms with Crippen molar-refractivity contribution in [1.82, 2.24) is 10.6 Å². The number of hydrogen-bond donors (Lipinski definition) is 2. The molecule has 0 saturated heterocycles. The Hall–Kier alpha value is -0.450. The van der Waals surface area contributed by atoms with E-state index in [2.05, 4.69) is 22.8 Å². The van der Waals surface area contributed by atoms with Crippen LogP contribution in [0.25, 0.3) is 0 Å². The van der Waals surface area contributed by atoms with Crippen molar-refractivity contribution in [1.29, 1.82) is 0 Å². The summed E-state index contributed by atoms with van der Waals surface area (Å²) in [5.74, 6) is 2.04. The fourth-order valence-electron chi connectivity index (χ4n) is 1.10. The zero-order valence-electron chi connectivity index (χ0n) is 9.13. The van der Waals surface area contributed by atoms with E-state index < -0.39 is 0 Å². The third kappa shape index (κ3) is 5.58. The van der Waals surface area contributed by atoms with Gasteiger partial charge in [-0.15, -0.1) is 0 Å². The molecule has 5 heteroatoms. The summed E-state index contributed by atoms with van der Waals surface area (Å²) in [6.45, 7) is 0.887. The lowest BCUT2D eigenvalue weighted by atomic mass is 10.2. The van der Waals surface area contributed by atoms with Crippen LogP contribution in [0.1, 0.15) is 5.56 Å². The monoisotopic (exact) mass is 274 g/mol. The summed E-state index contributed by atoms with van der Waals surface area (Å²) in [6.07, 6.45) is 0. The molecule has 0 amide bonds. The Labute approximate surface area is 111 Å². The molecule has 2 N–H and O–H groups in total. The molecule has 0 spiro atoms. The molecule has 1 rings (SSSR count). The van der Waals surface area contributed by atoms with Crippen LogP contribution < -0.4 is 10.6 Å². The number of rotatable bonds is 5. The lowest BCUT2D eigenvalue weighted by Crippen LogP contribution is -2.33. The average molecular weight is 275 g/mol. The lowest BCUT2D eigenvalue weighted by Gasteiger charge is -2.06. The van der Waals surface area contributed by atoms with E-state index in [4.69, 9.17) is 23.8 Å². The van der Waals surface area contributed by atoms with Gasteiger partial charge in [-0.25, -0.2) is 0 Å². The third-order valence-electron chi connectivity index (χ3n) is 1.94. The van der Waals surface area contributed by atoms with Crippen molar-refractivity contribution in [3.05, 3.63) is 34.9 Å². The Kier molecular flexibility index (Phi) is 6.61. The second kappa shape index (κ2) is 7.76. The number of hydrogen-bond acceptors (Lipinski definition) is 2. The predicted octanol–water partition coefficient (Wildman–Crippen LogP) is 2.67. The van der Waals surface area contributed by atoms with Crippen molar-refractivity contribution in [2.24, 2.45) is 0 Å². The Balaban J connectivity index is 2.11. The van der Waals surface area contributed by atoms with E-state index in [9.17, 15) is 0 Å². The summed E-state index contributed by atoms with van der Waals surface area (Å²) < 4.78 is 0. The van der Waals surface area contributed by atoms with Gasteiger partial charge in [0.1, 0.15) is 0 Å². The summed E-state index contributed by atoms with van der Waals surface area (Å²) in [5.41, 5.74) is 1.30. The Bertz CT molecular complexity index is 327. The van der Waals surface area contributed by atoms with E-state index >= 15 is 0 Å². The topological polar surface area (TPSA) is 24.1 Å². The van der Waals surface area contributed by atoms with Gasteiger partial charge in [0.05, 0.1) is 0 Å². The molecule has 0 aliphatic rings. The van der Waals surface area contributed by atoms with Gasteiger partial charge >= 0.3 is 0 Å². The van der Waals surface area contributed by atoms with Crippen molar-refractivity contribution in [3.63, 3.8) is 0 Å². The van der Waals surface area contributed by atoms with Crippen LogP contribution in [0.4, 0.5) is 0 Å². The third-order valence-corrected chi connectivity index (χ3v) is 3.57. The first kappa shape index (κ1) is 13.6. The zero-order chi connectivity index (χ0) is 11.8. The minimum Gasteiger partial charge on any atom is -0.366 e. The maximum absolute atomic E-state index is 5.81. The highest BCUT2D eigenvalue weighted by molar-refractivity contribution is 7.98. The molecule has 0 aliphatic carbocycles. The van der Waals surface area contributed by atoms with Crippen LogP contribution >= 0.6 is 35.6 Å². The number of nitrogens with one attached hydrogen (secondary N) is 2. The number of thioether (sulfide) groups is 1. The summed E-state index contributed by atoms with van der Waals surface area (Å²) in [7, 11) is 1.82. The minimum absolute atomic E-state index is 0.701. The van der Waals surface area contributed by atoms with Gasteiger partial charge in [-0.05, 0) is 29.9 Å². The van der Waals surface area contributed by atoms with E-state index in [1.165, 1.54) is 5.56 Å². The highest BCUT2D eigenvalue weighted by Crippen LogP contribution is 2.14. The number of thiocarbonyl (C=S) groups is 1. The largest absolute Gasteiger partial charge is 0.366 e. The first-order valence-electron chi connectivity index (χ1n) is 5.00. The van der Waals surface area contributed by atoms with Crippen molar-refractivity contribution in [2.45, 2.75) is 5.75 Å². The van der Waals surface area contributed by atoms with Gasteiger partial charge in [-0.3, -0.25) is 0 Å². The molecule has 0 aliphatic heterocycles. The van der Waals surface area contributed by atoms with Gasteiger partial charge < -0.3 is 10.6 Å². The molecule has 0 fully saturated rings. The lowest BCUT2D eigenvalue weighted by molar-refractivity contribution is 0.943. The van der Waals surface area contributed by atoms with Crippen LogP contribution in [-0.2, 0) is 5.75 Å². The second-order valence-corrected chi connectivity index (χ2v) is 5.13. The average Bonchev–Trinajstić information content (AvgIpc) is 2.31. The minimum atomic E-state index is 0.701. The summed E-state index contributed by atoms with van der Waals surface area (Å²) >= 11 is 12.6. The maximum Gasteiger partial charge on any atom is 0.166 e. The molecule has 1 aromatic rings. The smallest absolute Gasteiger partial charge is 0.166 e. The predicted molar refractivity (Wildman–Crippen MR) is 77.3 cm³/mol. The zero-order valence-corrected chi connectivity index (χ0v) is 11.5. The highest BCUT2D eigenvalue weighted by atomic mass is 35.5. The van der Waals surface area contributed by atoms with Crippen LogP contribution in [0.5, 0.6) is 0 Å². The van der Waals surface area contributed by atoms with E-state index in [1.54, 1.807) is 0 Å². The molecular formula is C11H15ClN2S2.